The molecule has 1 aliphatic carbocycles. The number of nitrogens with zero attached hydrogens (tertiary/aromatic N) is 2. The second-order valence-corrected chi connectivity index (χ2v) is 5.08. The number of aryl methyl sites for hydroxylation is 1. The van der Waals surface area contributed by atoms with Crippen LogP contribution in [0.2, 0.25) is 0 Å². The smallest absolute Gasteiger partial charge is 0.213 e. The van der Waals surface area contributed by atoms with E-state index in [1.165, 1.54) is 5.56 Å². The molecule has 17 heavy (non-hydrogen) atoms. The number of pyridine rings is 1. The van der Waals surface area contributed by atoms with Crippen LogP contribution in [0.4, 0.5) is 0 Å². The van der Waals surface area contributed by atoms with Crippen molar-refractivity contribution in [3.8, 4) is 5.88 Å². The van der Waals surface area contributed by atoms with E-state index in [2.05, 4.69) is 37.0 Å². The highest BCUT2D eigenvalue weighted by molar-refractivity contribution is 5.18. The third kappa shape index (κ3) is 3.19. The molecule has 1 heterocycles. The first-order chi connectivity index (χ1) is 8.19. The summed E-state index contributed by atoms with van der Waals surface area (Å²) in [5.74, 6) is 0.770. The first-order valence-corrected chi connectivity index (χ1v) is 6.47. The van der Waals surface area contributed by atoms with Crippen LogP contribution in [0.5, 0.6) is 5.88 Å². The van der Waals surface area contributed by atoms with Crippen molar-refractivity contribution in [2.75, 3.05) is 14.1 Å². The molecular weight excluding hydrogens is 212 g/mol. The molecule has 1 saturated carbocycles. The molecule has 0 bridgehead atoms. The van der Waals surface area contributed by atoms with Gasteiger partial charge in [-0.15, -0.1) is 0 Å². The summed E-state index contributed by atoms with van der Waals surface area (Å²) in [6.45, 7) is 2.18. The zero-order valence-corrected chi connectivity index (χ0v) is 11.0. The van der Waals surface area contributed by atoms with Gasteiger partial charge in [0.1, 0.15) is 6.10 Å². The van der Waals surface area contributed by atoms with E-state index in [-0.39, 0.29) is 0 Å². The van der Waals surface area contributed by atoms with Crippen LogP contribution in [0.25, 0.3) is 0 Å². The van der Waals surface area contributed by atoms with Crippen molar-refractivity contribution >= 4 is 0 Å². The Morgan fingerprint density at radius 2 is 2.12 bits per heavy atom. The minimum Gasteiger partial charge on any atom is -0.474 e. The first kappa shape index (κ1) is 12.4. The van der Waals surface area contributed by atoms with Crippen LogP contribution in [0.1, 0.15) is 31.7 Å². The summed E-state index contributed by atoms with van der Waals surface area (Å²) in [5, 5.41) is 0. The largest absolute Gasteiger partial charge is 0.474 e. The molecule has 1 aliphatic rings. The molecule has 0 N–H and O–H groups in total. The van der Waals surface area contributed by atoms with Crippen molar-refractivity contribution < 1.29 is 4.74 Å². The van der Waals surface area contributed by atoms with Crippen molar-refractivity contribution in [1.29, 1.82) is 0 Å². The summed E-state index contributed by atoms with van der Waals surface area (Å²) in [5.41, 5.74) is 1.29. The van der Waals surface area contributed by atoms with E-state index in [1.54, 1.807) is 0 Å². The Kier molecular flexibility index (Phi) is 4.00. The molecule has 94 valence electrons. The zero-order valence-electron chi connectivity index (χ0n) is 11.0. The average molecular weight is 234 g/mol. The van der Waals surface area contributed by atoms with Gasteiger partial charge in [-0.1, -0.05) is 19.4 Å². The monoisotopic (exact) mass is 234 g/mol. The lowest BCUT2D eigenvalue weighted by molar-refractivity contribution is 0.0370. The molecule has 0 aliphatic heterocycles. The molecule has 0 unspecified atom stereocenters. The van der Waals surface area contributed by atoms with Crippen molar-refractivity contribution in [3.63, 3.8) is 0 Å². The van der Waals surface area contributed by atoms with Gasteiger partial charge in [0.25, 0.3) is 0 Å². The predicted molar refractivity (Wildman–Crippen MR) is 69.4 cm³/mol. The van der Waals surface area contributed by atoms with E-state index in [9.17, 15) is 0 Å². The van der Waals surface area contributed by atoms with E-state index >= 15 is 0 Å². The number of rotatable bonds is 5. The lowest BCUT2D eigenvalue weighted by Crippen LogP contribution is -2.46. The molecule has 1 aromatic heterocycles. The predicted octanol–water partition coefficient (Wildman–Crippen LogP) is 2.51. The van der Waals surface area contributed by atoms with Gasteiger partial charge in [0.15, 0.2) is 0 Å². The first-order valence-electron chi connectivity index (χ1n) is 6.47. The molecule has 0 spiro atoms. The average Bonchev–Trinajstić information content (AvgIpc) is 2.25. The normalized spacial score (nSPS) is 23.5. The number of ether oxygens (including phenoxy) is 1. The maximum absolute atomic E-state index is 5.83. The minimum absolute atomic E-state index is 0.354. The highest BCUT2D eigenvalue weighted by Gasteiger charge is 2.32. The Labute approximate surface area is 104 Å². The van der Waals surface area contributed by atoms with Crippen LogP contribution in [0.15, 0.2) is 18.3 Å². The van der Waals surface area contributed by atoms with Crippen molar-refractivity contribution in [1.82, 2.24) is 9.88 Å². The maximum atomic E-state index is 5.83. The van der Waals surface area contributed by atoms with E-state index in [0.29, 0.717) is 12.1 Å². The summed E-state index contributed by atoms with van der Waals surface area (Å²) in [7, 11) is 4.25. The van der Waals surface area contributed by atoms with Gasteiger partial charge < -0.3 is 9.64 Å². The number of hydrogen-bond donors (Lipinski definition) is 0. The molecule has 0 aromatic carbocycles. The standard InChI is InChI=1S/C14H22N2O/c1-4-5-11-6-7-14(15-10-11)17-13-8-12(9-13)16(2)3/h6-7,10,12-13H,4-5,8-9H2,1-3H3. The van der Waals surface area contributed by atoms with Gasteiger partial charge >= 0.3 is 0 Å². The lowest BCUT2D eigenvalue weighted by atomic mass is 9.88. The van der Waals surface area contributed by atoms with Crippen LogP contribution in [-0.2, 0) is 6.42 Å². The van der Waals surface area contributed by atoms with Gasteiger partial charge in [0.2, 0.25) is 5.88 Å². The Morgan fingerprint density at radius 3 is 2.65 bits per heavy atom. The third-order valence-electron chi connectivity index (χ3n) is 3.42. The Morgan fingerprint density at radius 1 is 1.35 bits per heavy atom. The van der Waals surface area contributed by atoms with Crippen molar-refractivity contribution in [2.24, 2.45) is 0 Å². The fourth-order valence-electron chi connectivity index (χ4n) is 2.14. The van der Waals surface area contributed by atoms with Crippen molar-refractivity contribution in [3.05, 3.63) is 23.9 Å². The SMILES string of the molecule is CCCc1ccc(OC2CC(N(C)C)C2)nc1. The Balaban J connectivity index is 1.80. The van der Waals surface area contributed by atoms with E-state index in [0.717, 1.165) is 31.6 Å². The quantitative estimate of drug-likeness (QED) is 0.782. The van der Waals surface area contributed by atoms with Gasteiger partial charge in [-0.3, -0.25) is 0 Å². The highest BCUT2D eigenvalue weighted by atomic mass is 16.5. The molecular formula is C14H22N2O. The molecule has 0 radical (unpaired) electrons. The minimum atomic E-state index is 0.354. The summed E-state index contributed by atoms with van der Waals surface area (Å²) in [6, 6.07) is 4.79. The molecule has 1 aromatic rings. The maximum Gasteiger partial charge on any atom is 0.213 e. The van der Waals surface area contributed by atoms with Crippen LogP contribution in [0, 0.1) is 0 Å². The van der Waals surface area contributed by atoms with Crippen LogP contribution in [0.3, 0.4) is 0 Å². The molecule has 0 amide bonds. The van der Waals surface area contributed by atoms with Gasteiger partial charge in [0, 0.05) is 31.1 Å². The summed E-state index contributed by atoms with van der Waals surface area (Å²) >= 11 is 0. The third-order valence-corrected chi connectivity index (χ3v) is 3.42. The van der Waals surface area contributed by atoms with Gasteiger partial charge in [-0.25, -0.2) is 4.98 Å². The zero-order chi connectivity index (χ0) is 12.3. The Bertz CT molecular complexity index is 342. The van der Waals surface area contributed by atoms with Gasteiger partial charge in [0.05, 0.1) is 0 Å². The molecule has 2 rings (SSSR count). The van der Waals surface area contributed by atoms with Crippen molar-refractivity contribution in [2.45, 2.75) is 44.8 Å². The Hall–Kier alpha value is -1.09. The highest BCUT2D eigenvalue weighted by Crippen LogP contribution is 2.27. The molecule has 0 atom stereocenters. The fourth-order valence-corrected chi connectivity index (χ4v) is 2.14. The van der Waals surface area contributed by atoms with Crippen LogP contribution in [-0.4, -0.2) is 36.1 Å². The topological polar surface area (TPSA) is 25.4 Å². The van der Waals surface area contributed by atoms with E-state index in [4.69, 9.17) is 4.74 Å². The fraction of sp³-hybridized carbons (Fsp3) is 0.643. The lowest BCUT2D eigenvalue weighted by Gasteiger charge is -2.39. The van der Waals surface area contributed by atoms with Crippen LogP contribution < -0.4 is 4.74 Å². The second kappa shape index (κ2) is 5.50. The molecule has 3 nitrogen and oxygen atoms in total. The van der Waals surface area contributed by atoms with E-state index in [1.807, 2.05) is 12.3 Å². The van der Waals surface area contributed by atoms with Gasteiger partial charge in [-0.05, 0) is 26.1 Å². The summed E-state index contributed by atoms with van der Waals surface area (Å²) in [4.78, 5) is 6.61. The van der Waals surface area contributed by atoms with Crippen LogP contribution >= 0.6 is 0 Å². The molecule has 1 fully saturated rings. The number of hydrogen-bond acceptors (Lipinski definition) is 3. The number of aromatic nitrogens is 1. The molecule has 3 heteroatoms. The molecule has 0 saturated heterocycles. The second-order valence-electron chi connectivity index (χ2n) is 5.08. The summed E-state index contributed by atoms with van der Waals surface area (Å²) in [6.07, 6.45) is 6.78. The summed E-state index contributed by atoms with van der Waals surface area (Å²) < 4.78 is 5.83. The van der Waals surface area contributed by atoms with Gasteiger partial charge in [-0.2, -0.15) is 0 Å². The van der Waals surface area contributed by atoms with E-state index < -0.39 is 0 Å².